The maximum Gasteiger partial charge on any atom is 0.241 e. The van der Waals surface area contributed by atoms with Gasteiger partial charge in [-0.25, -0.2) is 0 Å². The zero-order chi connectivity index (χ0) is 21.2. The lowest BCUT2D eigenvalue weighted by atomic mass is 9.45. The molecule has 4 rings (SSSR count). The molecule has 0 amide bonds. The SMILES string of the molecule is C[C@]12CC[C@H](O[Si](C)(C)C)C[C@@H]1CC[C@@H]1[C@@H]2CC[C@]2(C)C(O[Si](C)(C)C)=CC[C@@H]12. The van der Waals surface area contributed by atoms with Crippen molar-refractivity contribution >= 4 is 16.6 Å². The van der Waals surface area contributed by atoms with Crippen LogP contribution in [-0.4, -0.2) is 22.7 Å². The Hall–Kier alpha value is -0.0662. The minimum Gasteiger partial charge on any atom is -0.547 e. The highest BCUT2D eigenvalue weighted by Crippen LogP contribution is 2.66. The summed E-state index contributed by atoms with van der Waals surface area (Å²) in [5, 5.41) is 0. The normalized spacial score (nSPS) is 45.1. The molecule has 0 aromatic rings. The number of hydrogen-bond donors (Lipinski definition) is 0. The second-order valence-electron chi connectivity index (χ2n) is 13.3. The summed E-state index contributed by atoms with van der Waals surface area (Å²) >= 11 is 0. The first-order valence-corrected chi connectivity index (χ1v) is 19.2. The van der Waals surface area contributed by atoms with Crippen molar-refractivity contribution in [3.05, 3.63) is 11.8 Å². The molecule has 0 aromatic heterocycles. The molecule has 0 unspecified atom stereocenters. The summed E-state index contributed by atoms with van der Waals surface area (Å²) in [7, 11) is -2.97. The van der Waals surface area contributed by atoms with Gasteiger partial charge in [-0.2, -0.15) is 0 Å². The van der Waals surface area contributed by atoms with Crippen LogP contribution in [0, 0.1) is 34.5 Å². The van der Waals surface area contributed by atoms with E-state index in [1.807, 2.05) is 0 Å². The Balaban J connectivity index is 1.49. The summed E-state index contributed by atoms with van der Waals surface area (Å²) in [5.41, 5.74) is 0.856. The third-order valence-corrected chi connectivity index (χ3v) is 10.9. The van der Waals surface area contributed by atoms with Crippen LogP contribution in [0.25, 0.3) is 0 Å². The second-order valence-corrected chi connectivity index (χ2v) is 22.1. The Morgan fingerprint density at radius 3 is 2.24 bits per heavy atom. The van der Waals surface area contributed by atoms with Gasteiger partial charge in [-0.05, 0) is 126 Å². The molecule has 0 bridgehead atoms. The largest absolute Gasteiger partial charge is 0.547 e. The number of fused-ring (bicyclic) bond motifs is 5. The fraction of sp³-hybridized carbons (Fsp3) is 0.920. The number of rotatable bonds is 4. The summed E-state index contributed by atoms with van der Waals surface area (Å²) < 4.78 is 13.2. The maximum atomic E-state index is 6.63. The van der Waals surface area contributed by atoms with Gasteiger partial charge in [0.25, 0.3) is 0 Å². The Morgan fingerprint density at radius 1 is 0.862 bits per heavy atom. The van der Waals surface area contributed by atoms with Crippen molar-refractivity contribution in [3.63, 3.8) is 0 Å². The van der Waals surface area contributed by atoms with E-state index in [0.29, 0.717) is 16.9 Å². The molecule has 7 atom stereocenters. The quantitative estimate of drug-likeness (QED) is 0.424. The van der Waals surface area contributed by atoms with E-state index in [1.165, 1.54) is 57.1 Å². The van der Waals surface area contributed by atoms with Crippen LogP contribution in [0.1, 0.15) is 65.2 Å². The Bertz CT molecular complexity index is 661. The summed E-state index contributed by atoms with van der Waals surface area (Å²) in [5.74, 6) is 4.91. The molecule has 0 heterocycles. The molecule has 166 valence electrons. The first kappa shape index (κ1) is 22.1. The average molecular weight is 435 g/mol. The van der Waals surface area contributed by atoms with Crippen LogP contribution in [0.4, 0.5) is 0 Å². The molecule has 0 spiro atoms. The molecule has 4 aliphatic rings. The minimum atomic E-state index is -1.54. The van der Waals surface area contributed by atoms with Gasteiger partial charge in [0.05, 0.1) is 5.76 Å². The molecule has 0 aromatic carbocycles. The van der Waals surface area contributed by atoms with E-state index in [-0.39, 0.29) is 0 Å². The fourth-order valence-corrected chi connectivity index (χ4v) is 10.0. The molecule has 3 saturated carbocycles. The van der Waals surface area contributed by atoms with Crippen molar-refractivity contribution in [1.29, 1.82) is 0 Å². The highest BCUT2D eigenvalue weighted by atomic mass is 28.4. The fourth-order valence-electron chi connectivity index (χ4n) is 7.84. The van der Waals surface area contributed by atoms with Crippen LogP contribution in [0.3, 0.4) is 0 Å². The van der Waals surface area contributed by atoms with E-state index in [0.717, 1.165) is 23.7 Å². The van der Waals surface area contributed by atoms with Crippen molar-refractivity contribution in [2.75, 3.05) is 0 Å². The van der Waals surface area contributed by atoms with E-state index in [1.54, 1.807) is 0 Å². The Morgan fingerprint density at radius 2 is 1.59 bits per heavy atom. The molecule has 0 radical (unpaired) electrons. The highest BCUT2D eigenvalue weighted by Gasteiger charge is 2.59. The van der Waals surface area contributed by atoms with Crippen LogP contribution in [0.2, 0.25) is 39.3 Å². The summed E-state index contributed by atoms with van der Waals surface area (Å²) in [6.45, 7) is 19.3. The lowest BCUT2D eigenvalue weighted by molar-refractivity contribution is -0.119. The molecular weight excluding hydrogens is 388 g/mol. The van der Waals surface area contributed by atoms with Crippen LogP contribution in [-0.2, 0) is 8.85 Å². The minimum absolute atomic E-state index is 0.308. The van der Waals surface area contributed by atoms with Gasteiger partial charge < -0.3 is 8.85 Å². The smallest absolute Gasteiger partial charge is 0.241 e. The summed E-state index contributed by atoms with van der Waals surface area (Å²) in [4.78, 5) is 0. The first-order valence-electron chi connectivity index (χ1n) is 12.4. The molecular formula is C25H46O2Si2. The molecule has 4 heteroatoms. The summed E-state index contributed by atoms with van der Waals surface area (Å²) in [6, 6.07) is 0. The zero-order valence-corrected chi connectivity index (χ0v) is 22.4. The second kappa shape index (κ2) is 7.23. The summed E-state index contributed by atoms with van der Waals surface area (Å²) in [6.07, 6.45) is 13.9. The van der Waals surface area contributed by atoms with Gasteiger partial charge in [-0.3, -0.25) is 0 Å². The van der Waals surface area contributed by atoms with Gasteiger partial charge in [0.15, 0.2) is 8.32 Å². The predicted octanol–water partition coefficient (Wildman–Crippen LogP) is 7.59. The molecule has 29 heavy (non-hydrogen) atoms. The van der Waals surface area contributed by atoms with Gasteiger partial charge >= 0.3 is 0 Å². The standard InChI is InChI=1S/C25H46O2Si2/c1-24-15-13-19(26-28(3,4)5)17-18(24)9-10-20-21-11-12-23(27-29(6,7)8)25(21,2)16-14-22(20)24/h12,18-22H,9-11,13-17H2,1-8H3/t18-,19-,20-,21-,22-,24-,25-/m0/s1. The average Bonchev–Trinajstić information content (AvgIpc) is 2.89. The van der Waals surface area contributed by atoms with Gasteiger partial charge in [-0.1, -0.05) is 13.8 Å². The predicted molar refractivity (Wildman–Crippen MR) is 128 cm³/mol. The molecule has 0 saturated heterocycles. The zero-order valence-electron chi connectivity index (χ0n) is 20.4. The van der Waals surface area contributed by atoms with Crippen LogP contribution in [0.15, 0.2) is 11.8 Å². The van der Waals surface area contributed by atoms with Crippen molar-refractivity contribution in [3.8, 4) is 0 Å². The Kier molecular flexibility index (Phi) is 5.52. The van der Waals surface area contributed by atoms with Crippen LogP contribution in [0.5, 0.6) is 0 Å². The van der Waals surface area contributed by atoms with Crippen LogP contribution >= 0.6 is 0 Å². The molecule has 4 aliphatic carbocycles. The van der Waals surface area contributed by atoms with Crippen molar-refractivity contribution in [1.82, 2.24) is 0 Å². The van der Waals surface area contributed by atoms with Crippen molar-refractivity contribution in [2.45, 2.75) is 111 Å². The Labute approximate surface area is 182 Å². The lowest BCUT2D eigenvalue weighted by Gasteiger charge is -2.61. The van der Waals surface area contributed by atoms with E-state index in [2.05, 4.69) is 59.2 Å². The monoisotopic (exact) mass is 434 g/mol. The van der Waals surface area contributed by atoms with E-state index in [4.69, 9.17) is 8.85 Å². The molecule has 0 aliphatic heterocycles. The molecule has 3 fully saturated rings. The number of allylic oxidation sites excluding steroid dienone is 2. The van der Waals surface area contributed by atoms with Gasteiger partial charge in [-0.15, -0.1) is 0 Å². The van der Waals surface area contributed by atoms with Crippen molar-refractivity contribution < 1.29 is 8.85 Å². The van der Waals surface area contributed by atoms with E-state index >= 15 is 0 Å². The van der Waals surface area contributed by atoms with E-state index < -0.39 is 16.6 Å². The van der Waals surface area contributed by atoms with Gasteiger partial charge in [0.2, 0.25) is 8.32 Å². The molecule has 2 nitrogen and oxygen atoms in total. The van der Waals surface area contributed by atoms with Crippen molar-refractivity contribution in [2.24, 2.45) is 34.5 Å². The van der Waals surface area contributed by atoms with Gasteiger partial charge in [0, 0.05) is 11.5 Å². The number of hydrogen-bond acceptors (Lipinski definition) is 2. The third-order valence-electron chi connectivity index (χ3n) is 9.06. The lowest BCUT2D eigenvalue weighted by Crippen LogP contribution is -2.54. The maximum absolute atomic E-state index is 6.63. The molecule has 0 N–H and O–H groups in total. The highest BCUT2D eigenvalue weighted by molar-refractivity contribution is 6.70. The van der Waals surface area contributed by atoms with E-state index in [9.17, 15) is 0 Å². The topological polar surface area (TPSA) is 18.5 Å². The van der Waals surface area contributed by atoms with Crippen LogP contribution < -0.4 is 0 Å². The third kappa shape index (κ3) is 4.07. The van der Waals surface area contributed by atoms with Gasteiger partial charge in [0.1, 0.15) is 0 Å². The first-order chi connectivity index (χ1) is 13.3.